The number of hydrogen-bond donors (Lipinski definition) is 1. The summed E-state index contributed by atoms with van der Waals surface area (Å²) in [6.45, 7) is 3.10. The average Bonchev–Trinajstić information content (AvgIpc) is 3.14. The van der Waals surface area contributed by atoms with Crippen LogP contribution in [0.4, 0.5) is 9.18 Å². The van der Waals surface area contributed by atoms with Gasteiger partial charge >= 0.3 is 6.03 Å². The van der Waals surface area contributed by atoms with Gasteiger partial charge in [0.05, 0.1) is 12.2 Å². The predicted octanol–water partition coefficient (Wildman–Crippen LogP) is 3.12. The number of benzene rings is 1. The Morgan fingerprint density at radius 2 is 2.39 bits per heavy atom. The number of hydrogen-bond acceptors (Lipinski definition) is 3. The maximum absolute atomic E-state index is 13.4. The fourth-order valence-electron chi connectivity index (χ4n) is 3.23. The van der Waals surface area contributed by atoms with Crippen LogP contribution in [0.2, 0.25) is 0 Å². The first-order valence-electron chi connectivity index (χ1n) is 7.74. The van der Waals surface area contributed by atoms with Crippen LogP contribution in [-0.2, 0) is 13.0 Å². The monoisotopic (exact) mass is 317 g/mol. The number of carbonyl (C=O) groups is 1. The fraction of sp³-hybridized carbons (Fsp3) is 0.412. The van der Waals surface area contributed by atoms with Gasteiger partial charge in [-0.3, -0.25) is 0 Å². The summed E-state index contributed by atoms with van der Waals surface area (Å²) in [6, 6.07) is 6.46. The topological polar surface area (TPSA) is 58.4 Å². The van der Waals surface area contributed by atoms with Crippen LogP contribution in [0.3, 0.4) is 0 Å². The molecule has 3 rings (SSSR count). The molecule has 1 unspecified atom stereocenters. The fourth-order valence-corrected chi connectivity index (χ4v) is 3.23. The minimum Gasteiger partial charge on any atom is -0.451 e. The summed E-state index contributed by atoms with van der Waals surface area (Å²) in [7, 11) is 0. The molecule has 1 aliphatic heterocycles. The van der Waals surface area contributed by atoms with E-state index < -0.39 is 0 Å². The van der Waals surface area contributed by atoms with Crippen molar-refractivity contribution >= 4 is 6.03 Å². The molecule has 122 valence electrons. The quantitative estimate of drug-likeness (QED) is 0.942. The van der Waals surface area contributed by atoms with E-state index in [1.807, 2.05) is 11.0 Å². The van der Waals surface area contributed by atoms with E-state index in [0.29, 0.717) is 25.2 Å². The molecule has 1 aromatic heterocycles. The van der Waals surface area contributed by atoms with E-state index in [-0.39, 0.29) is 17.4 Å². The van der Waals surface area contributed by atoms with Gasteiger partial charge in [-0.25, -0.2) is 14.2 Å². The third-order valence-electron chi connectivity index (χ3n) is 4.37. The zero-order valence-electron chi connectivity index (χ0n) is 13.1. The highest BCUT2D eigenvalue weighted by Gasteiger charge is 2.39. The number of halogens is 1. The first-order valence-corrected chi connectivity index (χ1v) is 7.74. The summed E-state index contributed by atoms with van der Waals surface area (Å²) in [5, 5.41) is 2.87. The molecule has 1 saturated heterocycles. The first-order chi connectivity index (χ1) is 11.1. The molecule has 0 radical (unpaired) electrons. The van der Waals surface area contributed by atoms with Crippen LogP contribution >= 0.6 is 0 Å². The Morgan fingerprint density at radius 3 is 3.13 bits per heavy atom. The zero-order chi connectivity index (χ0) is 16.3. The Hall–Kier alpha value is -2.37. The Morgan fingerprint density at radius 1 is 1.52 bits per heavy atom. The van der Waals surface area contributed by atoms with Crippen molar-refractivity contribution < 1.29 is 13.6 Å². The summed E-state index contributed by atoms with van der Waals surface area (Å²) in [4.78, 5) is 18.3. The van der Waals surface area contributed by atoms with Crippen LogP contribution in [0, 0.1) is 5.82 Å². The van der Waals surface area contributed by atoms with Crippen LogP contribution < -0.4 is 5.32 Å². The van der Waals surface area contributed by atoms with Crippen molar-refractivity contribution in [3.8, 4) is 0 Å². The molecule has 0 aliphatic carbocycles. The number of carbonyl (C=O) groups excluding carboxylic acids is 1. The smallest absolute Gasteiger partial charge is 0.318 e. The van der Waals surface area contributed by atoms with Crippen LogP contribution in [0.5, 0.6) is 0 Å². The van der Waals surface area contributed by atoms with Crippen LogP contribution in [0.25, 0.3) is 0 Å². The second kappa shape index (κ2) is 6.40. The largest absolute Gasteiger partial charge is 0.451 e. The molecule has 0 saturated carbocycles. The number of oxazole rings is 1. The third-order valence-corrected chi connectivity index (χ3v) is 4.37. The molecule has 0 spiro atoms. The highest BCUT2D eigenvalue weighted by molar-refractivity contribution is 5.75. The van der Waals surface area contributed by atoms with Gasteiger partial charge in [-0.15, -0.1) is 0 Å². The lowest BCUT2D eigenvalue weighted by Gasteiger charge is -2.35. The molecule has 1 N–H and O–H groups in total. The Kier molecular flexibility index (Phi) is 4.32. The summed E-state index contributed by atoms with van der Waals surface area (Å²) in [5.41, 5.74) is 1.29. The van der Waals surface area contributed by atoms with Gasteiger partial charge in [0.25, 0.3) is 0 Å². The van der Waals surface area contributed by atoms with Gasteiger partial charge in [0.1, 0.15) is 12.1 Å². The van der Waals surface area contributed by atoms with E-state index in [4.69, 9.17) is 4.42 Å². The SMILES string of the molecule is CC1(Cc2cccc(F)c2)CCCN1C(=O)NCc1cocn1. The Balaban J connectivity index is 1.67. The van der Waals surface area contributed by atoms with Gasteiger partial charge in [0.15, 0.2) is 6.39 Å². The number of amides is 2. The van der Waals surface area contributed by atoms with Crippen LogP contribution in [0.15, 0.2) is 41.3 Å². The van der Waals surface area contributed by atoms with E-state index in [1.165, 1.54) is 24.8 Å². The normalized spacial score (nSPS) is 20.7. The molecular formula is C17H20FN3O2. The summed E-state index contributed by atoms with van der Waals surface area (Å²) in [6.07, 6.45) is 5.34. The number of nitrogens with zero attached hydrogens (tertiary/aromatic N) is 2. The van der Waals surface area contributed by atoms with E-state index in [9.17, 15) is 9.18 Å². The molecule has 5 nitrogen and oxygen atoms in total. The maximum Gasteiger partial charge on any atom is 0.318 e. The molecule has 2 heterocycles. The summed E-state index contributed by atoms with van der Waals surface area (Å²) in [5.74, 6) is -0.244. The van der Waals surface area contributed by atoms with Crippen molar-refractivity contribution in [1.82, 2.24) is 15.2 Å². The van der Waals surface area contributed by atoms with E-state index >= 15 is 0 Å². The van der Waals surface area contributed by atoms with Crippen molar-refractivity contribution in [1.29, 1.82) is 0 Å². The number of rotatable bonds is 4. The average molecular weight is 317 g/mol. The van der Waals surface area contributed by atoms with E-state index in [2.05, 4.69) is 17.2 Å². The van der Waals surface area contributed by atoms with Crippen LogP contribution in [-0.4, -0.2) is 28.0 Å². The second-order valence-electron chi connectivity index (χ2n) is 6.20. The van der Waals surface area contributed by atoms with Gasteiger partial charge in [0.2, 0.25) is 0 Å². The van der Waals surface area contributed by atoms with E-state index in [0.717, 1.165) is 18.4 Å². The maximum atomic E-state index is 13.4. The molecule has 2 aromatic rings. The van der Waals surface area contributed by atoms with Crippen molar-refractivity contribution in [2.45, 2.75) is 38.3 Å². The Labute approximate surface area is 134 Å². The molecule has 1 fully saturated rings. The van der Waals surface area contributed by atoms with Gasteiger partial charge in [-0.1, -0.05) is 12.1 Å². The summed E-state index contributed by atoms with van der Waals surface area (Å²) >= 11 is 0. The third kappa shape index (κ3) is 3.52. The minimum absolute atomic E-state index is 0.121. The van der Waals surface area contributed by atoms with Gasteiger partial charge in [-0.2, -0.15) is 0 Å². The number of nitrogens with one attached hydrogen (secondary N) is 1. The Bertz CT molecular complexity index is 674. The highest BCUT2D eigenvalue weighted by atomic mass is 19.1. The number of aromatic nitrogens is 1. The van der Waals surface area contributed by atoms with Crippen molar-refractivity contribution in [3.63, 3.8) is 0 Å². The number of likely N-dealkylation sites (tertiary alicyclic amines) is 1. The molecule has 6 heteroatoms. The van der Waals surface area contributed by atoms with E-state index in [1.54, 1.807) is 6.07 Å². The second-order valence-corrected chi connectivity index (χ2v) is 6.20. The number of urea groups is 1. The van der Waals surface area contributed by atoms with Gasteiger partial charge in [0, 0.05) is 12.1 Å². The van der Waals surface area contributed by atoms with Gasteiger partial charge < -0.3 is 14.6 Å². The minimum atomic E-state index is -0.304. The molecule has 1 atom stereocenters. The standard InChI is InChI=1S/C17H20FN3O2/c1-17(9-13-4-2-5-14(18)8-13)6-3-7-21(17)16(22)19-10-15-11-23-12-20-15/h2,4-5,8,11-12H,3,6-7,9-10H2,1H3,(H,19,22). The molecule has 0 bridgehead atoms. The first kappa shape index (κ1) is 15.5. The molecule has 2 amide bonds. The predicted molar refractivity (Wildman–Crippen MR) is 83.2 cm³/mol. The molecule has 1 aromatic carbocycles. The zero-order valence-corrected chi connectivity index (χ0v) is 13.1. The van der Waals surface area contributed by atoms with Crippen LogP contribution in [0.1, 0.15) is 31.0 Å². The molecule has 1 aliphatic rings. The van der Waals surface area contributed by atoms with Crippen molar-refractivity contribution in [3.05, 3.63) is 54.0 Å². The lowest BCUT2D eigenvalue weighted by molar-refractivity contribution is 0.155. The van der Waals surface area contributed by atoms with Crippen molar-refractivity contribution in [2.75, 3.05) is 6.54 Å². The highest BCUT2D eigenvalue weighted by Crippen LogP contribution is 2.32. The van der Waals surface area contributed by atoms with Gasteiger partial charge in [-0.05, 0) is 43.9 Å². The lowest BCUT2D eigenvalue weighted by atomic mass is 9.90. The molecular weight excluding hydrogens is 297 g/mol. The van der Waals surface area contributed by atoms with Crippen molar-refractivity contribution in [2.24, 2.45) is 0 Å². The molecule has 23 heavy (non-hydrogen) atoms. The summed E-state index contributed by atoms with van der Waals surface area (Å²) < 4.78 is 18.3. The lowest BCUT2D eigenvalue weighted by Crippen LogP contribution is -2.50.